The predicted molar refractivity (Wildman–Crippen MR) is 135 cm³/mol. The molecule has 1 aromatic heterocycles. The molecule has 3 aliphatic heterocycles. The molecule has 5 rings (SSSR count). The third kappa shape index (κ3) is 4.40. The SMILES string of the molecule is Cc1c(CNC(=O)[C@H]2CCCN(c3cccc4c3C(=O)N([C@H]3CCOC(C)(C)C3)C4=O)C2)cnn1C. The van der Waals surface area contributed by atoms with Crippen molar-refractivity contribution in [1.29, 1.82) is 0 Å². The highest BCUT2D eigenvalue weighted by Crippen LogP contribution is 2.38. The van der Waals surface area contributed by atoms with Crippen LogP contribution in [0.5, 0.6) is 0 Å². The highest BCUT2D eigenvalue weighted by molar-refractivity contribution is 6.24. The van der Waals surface area contributed by atoms with E-state index in [-0.39, 0.29) is 35.3 Å². The number of carbonyl (C=O) groups is 3. The van der Waals surface area contributed by atoms with Gasteiger partial charge in [-0.25, -0.2) is 0 Å². The second-order valence-corrected chi connectivity index (χ2v) is 10.8. The maximum atomic E-state index is 13.6. The van der Waals surface area contributed by atoms with Gasteiger partial charge in [0.15, 0.2) is 0 Å². The number of imide groups is 1. The van der Waals surface area contributed by atoms with Gasteiger partial charge in [-0.15, -0.1) is 0 Å². The van der Waals surface area contributed by atoms with Gasteiger partial charge in [0.2, 0.25) is 5.91 Å². The summed E-state index contributed by atoms with van der Waals surface area (Å²) in [4.78, 5) is 43.6. The van der Waals surface area contributed by atoms with Crippen LogP contribution in [0.2, 0.25) is 0 Å². The summed E-state index contributed by atoms with van der Waals surface area (Å²) in [5.74, 6) is -0.639. The Hall–Kier alpha value is -3.20. The Morgan fingerprint density at radius 1 is 1.22 bits per heavy atom. The first kappa shape index (κ1) is 24.5. The molecular formula is C27H35N5O4. The van der Waals surface area contributed by atoms with Crippen molar-refractivity contribution in [3.63, 3.8) is 0 Å². The number of hydrogen-bond donors (Lipinski definition) is 1. The van der Waals surface area contributed by atoms with Gasteiger partial charge >= 0.3 is 0 Å². The molecule has 1 N–H and O–H groups in total. The molecule has 3 amide bonds. The Bertz CT molecular complexity index is 1200. The van der Waals surface area contributed by atoms with E-state index < -0.39 is 0 Å². The van der Waals surface area contributed by atoms with Gasteiger partial charge in [0.05, 0.1) is 34.5 Å². The molecule has 2 saturated heterocycles. The largest absolute Gasteiger partial charge is 0.375 e. The Morgan fingerprint density at radius 3 is 2.75 bits per heavy atom. The maximum Gasteiger partial charge on any atom is 0.263 e. The summed E-state index contributed by atoms with van der Waals surface area (Å²) in [5.41, 5.74) is 3.34. The number of nitrogens with one attached hydrogen (secondary N) is 1. The van der Waals surface area contributed by atoms with Crippen LogP contribution in [-0.4, -0.2) is 63.7 Å². The zero-order valence-corrected chi connectivity index (χ0v) is 21.5. The molecule has 192 valence electrons. The molecule has 1 aromatic carbocycles. The molecule has 0 unspecified atom stereocenters. The summed E-state index contributed by atoms with van der Waals surface area (Å²) in [5, 5.41) is 7.30. The van der Waals surface area contributed by atoms with E-state index in [1.165, 1.54) is 4.90 Å². The molecule has 2 atom stereocenters. The summed E-state index contributed by atoms with van der Waals surface area (Å²) in [6.07, 6.45) is 4.68. The number of hydrogen-bond acceptors (Lipinski definition) is 6. The molecule has 0 radical (unpaired) electrons. The number of benzene rings is 1. The molecule has 9 heteroatoms. The number of fused-ring (bicyclic) bond motifs is 1. The zero-order valence-electron chi connectivity index (χ0n) is 21.5. The molecule has 9 nitrogen and oxygen atoms in total. The first-order valence-corrected chi connectivity index (χ1v) is 12.8. The Kier molecular flexibility index (Phi) is 6.36. The summed E-state index contributed by atoms with van der Waals surface area (Å²) in [6, 6.07) is 5.31. The molecule has 0 bridgehead atoms. The molecular weight excluding hydrogens is 458 g/mol. The minimum absolute atomic E-state index is 0.00370. The fraction of sp³-hybridized carbons (Fsp3) is 0.556. The Balaban J connectivity index is 1.32. The van der Waals surface area contributed by atoms with Gasteiger partial charge in [-0.1, -0.05) is 6.07 Å². The number of nitrogens with zero attached hydrogens (tertiary/aromatic N) is 4. The summed E-state index contributed by atoms with van der Waals surface area (Å²) >= 11 is 0. The summed E-state index contributed by atoms with van der Waals surface area (Å²) < 4.78 is 7.61. The fourth-order valence-electron chi connectivity index (χ4n) is 5.76. The van der Waals surface area contributed by atoms with Crippen molar-refractivity contribution in [3.8, 4) is 0 Å². The lowest BCUT2D eigenvalue weighted by Crippen LogP contribution is -2.48. The van der Waals surface area contributed by atoms with Crippen LogP contribution in [0.4, 0.5) is 5.69 Å². The average Bonchev–Trinajstić information content (AvgIpc) is 3.31. The highest BCUT2D eigenvalue weighted by atomic mass is 16.5. The van der Waals surface area contributed by atoms with Crippen LogP contribution in [0, 0.1) is 12.8 Å². The normalized spacial score (nSPS) is 23.7. The first-order chi connectivity index (χ1) is 17.2. The Labute approximate surface area is 211 Å². The monoisotopic (exact) mass is 493 g/mol. The topological polar surface area (TPSA) is 96.8 Å². The van der Waals surface area contributed by atoms with Crippen LogP contribution in [0.15, 0.2) is 24.4 Å². The van der Waals surface area contributed by atoms with Crippen molar-refractivity contribution >= 4 is 23.4 Å². The molecule has 2 fully saturated rings. The number of ether oxygens (including phenoxy) is 1. The lowest BCUT2D eigenvalue weighted by molar-refractivity contribution is -0.125. The predicted octanol–water partition coefficient (Wildman–Crippen LogP) is 2.81. The molecule has 2 aromatic rings. The van der Waals surface area contributed by atoms with Crippen LogP contribution >= 0.6 is 0 Å². The minimum Gasteiger partial charge on any atom is -0.375 e. The second-order valence-electron chi connectivity index (χ2n) is 10.8. The highest BCUT2D eigenvalue weighted by Gasteiger charge is 2.45. The van der Waals surface area contributed by atoms with Crippen LogP contribution in [0.3, 0.4) is 0 Å². The number of carbonyl (C=O) groups excluding carboxylic acids is 3. The van der Waals surface area contributed by atoms with E-state index in [0.717, 1.165) is 36.3 Å². The fourth-order valence-corrected chi connectivity index (χ4v) is 5.76. The quantitative estimate of drug-likeness (QED) is 0.644. The molecule has 36 heavy (non-hydrogen) atoms. The van der Waals surface area contributed by atoms with Gasteiger partial charge in [-0.05, 0) is 58.6 Å². The Morgan fingerprint density at radius 2 is 2.03 bits per heavy atom. The lowest BCUT2D eigenvalue weighted by atomic mass is 9.93. The minimum atomic E-state index is -0.372. The van der Waals surface area contributed by atoms with Crippen molar-refractivity contribution in [1.82, 2.24) is 20.0 Å². The molecule has 0 saturated carbocycles. The van der Waals surface area contributed by atoms with E-state index in [1.54, 1.807) is 16.9 Å². The number of amides is 3. The molecule has 0 aliphatic carbocycles. The maximum absolute atomic E-state index is 13.6. The third-order valence-corrected chi connectivity index (χ3v) is 7.88. The van der Waals surface area contributed by atoms with Crippen LogP contribution in [0.25, 0.3) is 0 Å². The second kappa shape index (κ2) is 9.35. The van der Waals surface area contributed by atoms with E-state index in [1.807, 2.05) is 40.0 Å². The number of aromatic nitrogens is 2. The van der Waals surface area contributed by atoms with Gasteiger partial charge in [-0.3, -0.25) is 24.0 Å². The van der Waals surface area contributed by atoms with Gasteiger partial charge in [0.25, 0.3) is 11.8 Å². The van der Waals surface area contributed by atoms with Gasteiger partial charge in [0, 0.05) is 50.6 Å². The standard InChI is InChI=1S/C27H35N5O4/c1-17-19(15-29-30(17)4)14-28-24(33)18-7-6-11-31(16-18)22-9-5-8-21-23(22)26(35)32(25(21)34)20-10-12-36-27(2,3)13-20/h5,8-9,15,18,20H,6-7,10-14,16H2,1-4H3,(H,28,33)/t18-,20-/m0/s1. The number of aryl methyl sites for hydroxylation is 1. The number of piperidine rings is 1. The number of anilines is 1. The van der Waals surface area contributed by atoms with E-state index in [2.05, 4.69) is 15.3 Å². The van der Waals surface area contributed by atoms with Crippen LogP contribution < -0.4 is 10.2 Å². The van der Waals surface area contributed by atoms with Crippen molar-refractivity contribution in [3.05, 3.63) is 46.8 Å². The van der Waals surface area contributed by atoms with Crippen molar-refractivity contribution in [2.75, 3.05) is 24.6 Å². The third-order valence-electron chi connectivity index (χ3n) is 7.88. The lowest BCUT2D eigenvalue weighted by Gasteiger charge is -2.39. The molecule has 4 heterocycles. The van der Waals surface area contributed by atoms with Crippen molar-refractivity contribution in [2.24, 2.45) is 13.0 Å². The average molecular weight is 494 g/mol. The van der Waals surface area contributed by atoms with Crippen molar-refractivity contribution < 1.29 is 19.1 Å². The van der Waals surface area contributed by atoms with E-state index in [4.69, 9.17) is 4.74 Å². The first-order valence-electron chi connectivity index (χ1n) is 12.8. The van der Waals surface area contributed by atoms with Gasteiger partial charge in [-0.2, -0.15) is 5.10 Å². The molecule has 3 aliphatic rings. The molecule has 0 spiro atoms. The summed E-state index contributed by atoms with van der Waals surface area (Å²) in [7, 11) is 1.88. The van der Waals surface area contributed by atoms with E-state index in [0.29, 0.717) is 43.7 Å². The van der Waals surface area contributed by atoms with Crippen LogP contribution in [-0.2, 0) is 23.1 Å². The van der Waals surface area contributed by atoms with Gasteiger partial charge < -0.3 is 15.0 Å². The van der Waals surface area contributed by atoms with Gasteiger partial charge in [0.1, 0.15) is 0 Å². The number of rotatable bonds is 5. The van der Waals surface area contributed by atoms with Crippen LogP contribution in [0.1, 0.15) is 71.5 Å². The smallest absolute Gasteiger partial charge is 0.263 e. The van der Waals surface area contributed by atoms with E-state index in [9.17, 15) is 14.4 Å². The summed E-state index contributed by atoms with van der Waals surface area (Å²) in [6.45, 7) is 8.21. The zero-order chi connectivity index (χ0) is 25.6. The van der Waals surface area contributed by atoms with E-state index >= 15 is 0 Å². The van der Waals surface area contributed by atoms with Crippen molar-refractivity contribution in [2.45, 2.75) is 64.6 Å².